The van der Waals surface area contributed by atoms with E-state index in [0.717, 1.165) is 54.4 Å². The maximum atomic E-state index is 7.80. The molecule has 1 aliphatic heterocycles. The lowest BCUT2D eigenvalue weighted by Crippen LogP contribution is -2.70. The van der Waals surface area contributed by atoms with Gasteiger partial charge in [0.25, 0.3) is 8.32 Å². The molecular formula is C47H77N3O8Si4. The highest BCUT2D eigenvalue weighted by Crippen LogP contribution is 2.42. The van der Waals surface area contributed by atoms with Crippen molar-refractivity contribution in [2.24, 2.45) is 0 Å². The Balaban J connectivity index is 2.05. The molecule has 344 valence electrons. The van der Waals surface area contributed by atoms with Crippen LogP contribution in [-0.4, -0.2) is 99.3 Å². The van der Waals surface area contributed by atoms with Crippen molar-refractivity contribution in [2.45, 2.75) is 173 Å². The Morgan fingerprint density at radius 3 is 1.44 bits per heavy atom. The van der Waals surface area contributed by atoms with E-state index in [4.69, 9.17) is 43.1 Å². The summed E-state index contributed by atoms with van der Waals surface area (Å²) in [4.78, 5) is 13.3. The molecule has 0 saturated carbocycles. The monoisotopic (exact) mass is 923 g/mol. The van der Waals surface area contributed by atoms with Crippen molar-refractivity contribution in [1.82, 2.24) is 15.0 Å². The largest absolute Gasteiger partial charge is 0.467 e. The summed E-state index contributed by atoms with van der Waals surface area (Å²) in [6, 6.07) is 29.9. The van der Waals surface area contributed by atoms with Crippen LogP contribution in [0.15, 0.2) is 60.7 Å². The quantitative estimate of drug-likeness (QED) is 0.0598. The zero-order chi connectivity index (χ0) is 45.6. The predicted molar refractivity (Wildman–Crippen MR) is 260 cm³/mol. The van der Waals surface area contributed by atoms with E-state index in [1.165, 1.54) is 17.5 Å². The van der Waals surface area contributed by atoms with E-state index in [1.54, 1.807) is 0 Å². The van der Waals surface area contributed by atoms with Gasteiger partial charge in [0.15, 0.2) is 31.6 Å². The number of rotatable bonds is 25. The molecule has 2 aromatic carbocycles. The van der Waals surface area contributed by atoms with Crippen molar-refractivity contribution >= 4 is 43.6 Å². The molecule has 0 spiro atoms. The van der Waals surface area contributed by atoms with Gasteiger partial charge < -0.3 is 36.7 Å². The first kappa shape index (κ1) is 51.7. The lowest BCUT2D eigenvalue weighted by Gasteiger charge is -2.53. The van der Waals surface area contributed by atoms with Gasteiger partial charge >= 0.3 is 18.0 Å². The van der Waals surface area contributed by atoms with Crippen LogP contribution in [0.1, 0.15) is 83.1 Å². The van der Waals surface area contributed by atoms with E-state index in [9.17, 15) is 0 Å². The van der Waals surface area contributed by atoms with E-state index < -0.39 is 64.0 Å². The summed E-state index contributed by atoms with van der Waals surface area (Å²) in [5.41, 5.74) is 0. The van der Waals surface area contributed by atoms with E-state index in [-0.39, 0.29) is 36.3 Å². The summed E-state index contributed by atoms with van der Waals surface area (Å²) in [6.45, 7) is 27.4. The van der Waals surface area contributed by atoms with E-state index >= 15 is 0 Å². The molecule has 1 aliphatic rings. The van der Waals surface area contributed by atoms with E-state index in [0.29, 0.717) is 0 Å². The molecule has 0 bridgehead atoms. The zero-order valence-electron chi connectivity index (χ0n) is 40.1. The van der Waals surface area contributed by atoms with Gasteiger partial charge in [-0.2, -0.15) is 0 Å². The van der Waals surface area contributed by atoms with Crippen molar-refractivity contribution < 1.29 is 36.7 Å². The Kier molecular flexibility index (Phi) is 19.4. The molecule has 0 radical (unpaired) electrons. The molecule has 62 heavy (non-hydrogen) atoms. The molecule has 2 heterocycles. The summed E-state index contributed by atoms with van der Waals surface area (Å²) in [7, 11) is -8.62. The van der Waals surface area contributed by atoms with Crippen LogP contribution in [-0.2, 0) is 22.4 Å². The third-order valence-corrected chi connectivity index (χ3v) is 32.6. The second-order valence-electron chi connectivity index (χ2n) is 17.5. The minimum Gasteiger partial charge on any atom is -0.467 e. The van der Waals surface area contributed by atoms with Crippen LogP contribution in [0.5, 0.6) is 18.0 Å². The summed E-state index contributed by atoms with van der Waals surface area (Å²) in [6.07, 6.45) is 2.17. The molecule has 0 amide bonds. The molecule has 3 aromatic rings. The molecule has 0 aliphatic carbocycles. The molecule has 1 fully saturated rings. The van der Waals surface area contributed by atoms with Crippen LogP contribution in [0.4, 0.5) is 0 Å². The fourth-order valence-electron chi connectivity index (χ4n) is 9.08. The average Bonchev–Trinajstić information content (AvgIpc) is 3.30. The molecule has 1 saturated heterocycles. The molecular weight excluding hydrogens is 847 g/mol. The van der Waals surface area contributed by atoms with Gasteiger partial charge in [-0.1, -0.05) is 150 Å². The van der Waals surface area contributed by atoms with Crippen LogP contribution in [0.25, 0.3) is 0 Å². The van der Waals surface area contributed by atoms with Crippen molar-refractivity contribution in [2.75, 3.05) is 20.3 Å². The fraction of sp³-hybridized carbons (Fsp3) is 0.638. The molecule has 5 atom stereocenters. The number of aromatic nitrogens is 3. The first-order valence-corrected chi connectivity index (χ1v) is 32.7. The first-order valence-electron chi connectivity index (χ1n) is 23.2. The normalized spacial score (nSPS) is 20.1. The Hall–Kier alpha value is -2.92. The minimum atomic E-state index is -3.04. The molecule has 15 heteroatoms. The Morgan fingerprint density at radius 2 is 1.02 bits per heavy atom. The number of ether oxygens (including phenoxy) is 4. The van der Waals surface area contributed by atoms with Crippen LogP contribution in [0.3, 0.4) is 0 Å². The molecule has 0 unspecified atom stereocenters. The third-order valence-electron chi connectivity index (χ3n) is 13.7. The molecule has 1 aromatic heterocycles. The topological polar surface area (TPSA) is 113 Å². The summed E-state index contributed by atoms with van der Waals surface area (Å²) in [5, 5.41) is 2.10. The maximum Gasteiger partial charge on any atom is 0.328 e. The second kappa shape index (κ2) is 23.3. The number of hydrogen-bond acceptors (Lipinski definition) is 11. The van der Waals surface area contributed by atoms with E-state index in [1.807, 2.05) is 0 Å². The van der Waals surface area contributed by atoms with Crippen molar-refractivity contribution in [3.63, 3.8) is 0 Å². The van der Waals surface area contributed by atoms with Gasteiger partial charge in [0, 0.05) is 0 Å². The van der Waals surface area contributed by atoms with Gasteiger partial charge in [0.2, 0.25) is 6.29 Å². The highest BCUT2D eigenvalue weighted by Gasteiger charge is 2.57. The van der Waals surface area contributed by atoms with Crippen LogP contribution in [0.2, 0.25) is 59.4 Å². The van der Waals surface area contributed by atoms with Gasteiger partial charge in [-0.3, -0.25) is 0 Å². The standard InChI is InChI=1S/C47H77N3O8Si4/c1-15-35-52-45-48-44(51-14)49-46(50-45)55-43-42(58-61(22-8,23-9)24-10)41(57-60(19-5,20-6)21-7)40(56-59(16-2,17-3)18-4)39(54-43)36-53-62(47(11,12)13,37-31-27-25-28-32-37)38-33-29-26-30-34-38/h1,25-34,39-43H,16-24,35-36H2,2-14H3/t39-,40-,41+,42-,43+/m1/s1. The van der Waals surface area contributed by atoms with Crippen molar-refractivity contribution in [1.29, 1.82) is 0 Å². The Bertz CT molecular complexity index is 1760. The second-order valence-corrected chi connectivity index (χ2v) is 36.0. The summed E-state index contributed by atoms with van der Waals surface area (Å²) >= 11 is 0. The van der Waals surface area contributed by atoms with Crippen LogP contribution in [0, 0.1) is 12.3 Å². The Labute approximate surface area is 378 Å². The minimum absolute atomic E-state index is 0.0166. The molecule has 11 nitrogen and oxygen atoms in total. The predicted octanol–water partition coefficient (Wildman–Crippen LogP) is 9.74. The lowest BCUT2D eigenvalue weighted by atomic mass is 9.99. The number of hydrogen-bond donors (Lipinski definition) is 0. The maximum absolute atomic E-state index is 7.80. The third kappa shape index (κ3) is 11.7. The van der Waals surface area contributed by atoms with E-state index in [2.05, 4.69) is 165 Å². The van der Waals surface area contributed by atoms with Gasteiger partial charge in [0.05, 0.1) is 13.7 Å². The van der Waals surface area contributed by atoms with Crippen molar-refractivity contribution in [3.8, 4) is 30.4 Å². The summed E-state index contributed by atoms with van der Waals surface area (Å²) < 4.78 is 56.3. The number of terminal acetylenes is 1. The highest BCUT2D eigenvalue weighted by molar-refractivity contribution is 6.99. The Morgan fingerprint density at radius 1 is 0.597 bits per heavy atom. The van der Waals surface area contributed by atoms with Crippen molar-refractivity contribution in [3.05, 3.63) is 60.7 Å². The van der Waals surface area contributed by atoms with Crippen LogP contribution >= 0.6 is 0 Å². The number of nitrogens with zero attached hydrogens (tertiary/aromatic N) is 3. The van der Waals surface area contributed by atoms with Gasteiger partial charge in [-0.05, 0) is 69.8 Å². The smallest absolute Gasteiger partial charge is 0.328 e. The number of benzene rings is 2. The zero-order valence-corrected chi connectivity index (χ0v) is 44.1. The van der Waals surface area contributed by atoms with Gasteiger partial charge in [-0.15, -0.1) is 21.4 Å². The summed E-state index contributed by atoms with van der Waals surface area (Å²) in [5.74, 6) is 2.48. The first-order chi connectivity index (χ1) is 29.7. The fourth-order valence-corrected chi connectivity index (χ4v) is 22.2. The van der Waals surface area contributed by atoms with Gasteiger partial charge in [0.1, 0.15) is 24.4 Å². The lowest BCUT2D eigenvalue weighted by molar-refractivity contribution is -0.267. The highest BCUT2D eigenvalue weighted by atomic mass is 28.4. The molecule has 0 N–H and O–H groups in total. The average molecular weight is 924 g/mol. The van der Waals surface area contributed by atoms with Gasteiger partial charge in [-0.25, -0.2) is 0 Å². The SMILES string of the molecule is C#CCOc1nc(OC)nc(O[C@@H]2O[C@H](CO[Si](c3ccccc3)(c3ccccc3)C(C)(C)C)[C@@H](O[Si](CC)(CC)CC)[C@H](O[Si](CC)(CC)CC)[C@H]2O[Si](CC)(CC)CC)n1. The number of methoxy groups -OCH3 is 1. The van der Waals surface area contributed by atoms with Crippen LogP contribution < -0.4 is 24.6 Å². The molecule has 4 rings (SSSR count).